The van der Waals surface area contributed by atoms with E-state index in [1.165, 1.54) is 0 Å². The van der Waals surface area contributed by atoms with Crippen molar-refractivity contribution in [2.45, 2.75) is 45.2 Å². The van der Waals surface area contributed by atoms with E-state index in [1.807, 2.05) is 78.0 Å². The van der Waals surface area contributed by atoms with Crippen molar-refractivity contribution in [2.24, 2.45) is 5.92 Å². The molecule has 0 radical (unpaired) electrons. The summed E-state index contributed by atoms with van der Waals surface area (Å²) in [5, 5.41) is 0. The summed E-state index contributed by atoms with van der Waals surface area (Å²) in [7, 11) is 0.977. The Bertz CT molecular complexity index is 757. The van der Waals surface area contributed by atoms with E-state index in [9.17, 15) is 8.42 Å². The quantitative estimate of drug-likeness (QED) is 0.244. The van der Waals surface area contributed by atoms with Crippen molar-refractivity contribution in [3.05, 3.63) is 89.7 Å². The Labute approximate surface area is 191 Å². The summed E-state index contributed by atoms with van der Waals surface area (Å²) in [6.07, 6.45) is 2.56. The van der Waals surface area contributed by atoms with Gasteiger partial charge in [0.05, 0.1) is 10.0 Å². The molecule has 0 bridgehead atoms. The summed E-state index contributed by atoms with van der Waals surface area (Å²) >= 11 is 1.82. The zero-order chi connectivity index (χ0) is 21.0. The van der Waals surface area contributed by atoms with Crippen LogP contribution in [0.25, 0.3) is 10.5 Å². The molecule has 162 valence electrons. The third kappa shape index (κ3) is 9.71. The van der Waals surface area contributed by atoms with Crippen molar-refractivity contribution >= 4 is 19.7 Å². The van der Waals surface area contributed by atoms with Gasteiger partial charge in [0, 0.05) is 5.75 Å². The zero-order valence-corrected chi connectivity index (χ0v) is 20.5. The molecule has 1 N–H and O–H groups in total. The van der Waals surface area contributed by atoms with E-state index in [-0.39, 0.29) is 13.2 Å². The van der Waals surface area contributed by atoms with Gasteiger partial charge in [-0.15, -0.1) is 12.1 Å². The van der Waals surface area contributed by atoms with Crippen LogP contribution < -0.4 is 0 Å². The number of hydrogen-bond donors (Lipinski definition) is 0. The van der Waals surface area contributed by atoms with Gasteiger partial charge in [0.15, 0.2) is 0 Å². The molecule has 2 aromatic carbocycles. The predicted molar refractivity (Wildman–Crippen MR) is 121 cm³/mol. The second-order valence-electron chi connectivity index (χ2n) is 6.61. The van der Waals surface area contributed by atoms with Crippen LogP contribution in [0.15, 0.2) is 60.7 Å². The van der Waals surface area contributed by atoms with E-state index < -0.39 is 22.1 Å². The molecule has 0 saturated carbocycles. The van der Waals surface area contributed by atoms with Gasteiger partial charge in [-0.05, 0) is 12.3 Å². The summed E-state index contributed by atoms with van der Waals surface area (Å²) < 4.78 is 29.5. The van der Waals surface area contributed by atoms with Gasteiger partial charge in [-0.25, -0.2) is 8.42 Å². The molecule has 0 aliphatic carbocycles. The van der Waals surface area contributed by atoms with Crippen LogP contribution in [0.4, 0.5) is 0 Å². The van der Waals surface area contributed by atoms with Gasteiger partial charge < -0.3 is 17.9 Å². The Kier molecular flexibility index (Phi) is 14.7. The first-order chi connectivity index (χ1) is 13.5. The molecular weight excluding hydrogens is 493 g/mol. The Morgan fingerprint density at radius 3 is 1.83 bits per heavy atom. The van der Waals surface area contributed by atoms with E-state index in [1.54, 1.807) is 0 Å². The maximum absolute atomic E-state index is 12.6. The molecule has 2 unspecified atom stereocenters. The molecule has 29 heavy (non-hydrogen) atoms. The first kappa shape index (κ1) is 28.2. The van der Waals surface area contributed by atoms with E-state index >= 15 is 0 Å². The molecule has 0 heterocycles. The fraction of sp³-hybridized carbons (Fsp3) is 0.409. The summed E-state index contributed by atoms with van der Waals surface area (Å²) in [5.41, 5.74) is 10.1. The first-order valence-corrected chi connectivity index (χ1v) is 13.2. The minimum absolute atomic E-state index is 0. The Hall–Kier alpha value is -0.777. The van der Waals surface area contributed by atoms with Crippen LogP contribution in [-0.4, -0.2) is 14.2 Å². The standard InChI is InChI=1S/C21H28N2O2S.CH3.ClH.Ru/c1-3-17(4-2)15-16-26(24,25)23-21(19-13-9-6-10-14-19)20(22)18-11-7-5-8-12-18;;;/h5-14,17,20-22H,3-4,15-16H2,1-2H3;1H3;1H;/q-2;-1;;+4/p-1. The van der Waals surface area contributed by atoms with Crippen molar-refractivity contribution in [2.75, 3.05) is 5.75 Å². The molecule has 0 amide bonds. The molecule has 4 nitrogen and oxygen atoms in total. The summed E-state index contributed by atoms with van der Waals surface area (Å²) in [6, 6.07) is 17.1. The van der Waals surface area contributed by atoms with Crippen LogP contribution in [0.3, 0.4) is 0 Å². The molecule has 2 rings (SSSR count). The zero-order valence-electron chi connectivity index (χ0n) is 17.2. The van der Waals surface area contributed by atoms with Crippen LogP contribution >= 0.6 is 9.69 Å². The number of halogens is 1. The second-order valence-corrected chi connectivity index (χ2v) is 8.39. The molecule has 0 saturated heterocycles. The van der Waals surface area contributed by atoms with Crippen LogP contribution in [0.1, 0.15) is 56.3 Å². The van der Waals surface area contributed by atoms with E-state index in [2.05, 4.69) is 28.3 Å². The number of nitrogens with zero attached hydrogens (tertiary/aromatic N) is 1. The van der Waals surface area contributed by atoms with Crippen molar-refractivity contribution in [1.82, 2.24) is 0 Å². The number of hydrogen-bond acceptors (Lipinski definition) is 2. The Balaban J connectivity index is 0.00000253. The van der Waals surface area contributed by atoms with Crippen LogP contribution in [0.2, 0.25) is 0 Å². The number of benzene rings is 2. The average Bonchev–Trinajstić information content (AvgIpc) is 2.75. The molecule has 0 spiro atoms. The Morgan fingerprint density at radius 2 is 1.38 bits per heavy atom. The van der Waals surface area contributed by atoms with Gasteiger partial charge in [-0.3, -0.25) is 0 Å². The molecular formula is C22H31ClN2O2RuS. The molecule has 2 atom stereocenters. The van der Waals surface area contributed by atoms with Gasteiger partial charge in [0.1, 0.15) is 0 Å². The van der Waals surface area contributed by atoms with E-state index in [4.69, 9.17) is 5.73 Å². The molecule has 0 aliphatic heterocycles. The fourth-order valence-electron chi connectivity index (χ4n) is 3.05. The second kappa shape index (κ2) is 15.1. The normalized spacial score (nSPS) is 13.0. The van der Waals surface area contributed by atoms with Crippen LogP contribution in [0, 0.1) is 13.3 Å². The molecule has 0 aromatic heterocycles. The SMILES string of the molecule is CCC(CC)CCS(=O)(=O)[N-]C(c1ccccc1)C([NH-])c1ccccc1.[CH3-].[Cl][Ru+3]. The van der Waals surface area contributed by atoms with Crippen molar-refractivity contribution in [3.8, 4) is 0 Å². The van der Waals surface area contributed by atoms with Crippen LogP contribution in [0.5, 0.6) is 0 Å². The van der Waals surface area contributed by atoms with E-state index in [0.29, 0.717) is 12.3 Å². The maximum atomic E-state index is 12.6. The van der Waals surface area contributed by atoms with Gasteiger partial charge in [-0.2, -0.15) is 0 Å². The van der Waals surface area contributed by atoms with Gasteiger partial charge in [0.2, 0.25) is 0 Å². The molecule has 0 fully saturated rings. The Morgan fingerprint density at radius 1 is 0.931 bits per heavy atom. The summed E-state index contributed by atoms with van der Waals surface area (Å²) in [6.45, 7) is 4.17. The summed E-state index contributed by atoms with van der Waals surface area (Å²) in [4.78, 5) is 0. The van der Waals surface area contributed by atoms with Gasteiger partial charge >= 0.3 is 27.0 Å². The fourth-order valence-corrected chi connectivity index (χ4v) is 4.37. The molecule has 2 aromatic rings. The first-order valence-electron chi connectivity index (χ1n) is 9.36. The van der Waals surface area contributed by atoms with Gasteiger partial charge in [-0.1, -0.05) is 98.5 Å². The third-order valence-corrected chi connectivity index (χ3v) is 6.13. The van der Waals surface area contributed by atoms with E-state index in [0.717, 1.165) is 24.0 Å². The topological polar surface area (TPSA) is 72.0 Å². The summed E-state index contributed by atoms with van der Waals surface area (Å²) in [5.74, 6) is 0.445. The van der Waals surface area contributed by atoms with Gasteiger partial charge in [0.25, 0.3) is 0 Å². The van der Waals surface area contributed by atoms with Crippen molar-refractivity contribution < 1.29 is 25.7 Å². The third-order valence-electron chi connectivity index (χ3n) is 4.83. The monoisotopic (exact) mass is 524 g/mol. The van der Waals surface area contributed by atoms with Crippen molar-refractivity contribution in [3.63, 3.8) is 0 Å². The average molecular weight is 524 g/mol. The minimum atomic E-state index is -3.59. The number of nitrogens with one attached hydrogen (secondary N) is 1. The molecule has 7 heteroatoms. The molecule has 0 aliphatic rings. The van der Waals surface area contributed by atoms with Crippen LogP contribution in [-0.2, 0) is 27.3 Å². The number of sulfonamides is 1. The number of rotatable bonds is 10. The van der Waals surface area contributed by atoms with Crippen molar-refractivity contribution in [1.29, 1.82) is 0 Å². The predicted octanol–water partition coefficient (Wildman–Crippen LogP) is 7.19.